The molecule has 0 aliphatic carbocycles. The van der Waals surface area contributed by atoms with Gasteiger partial charge in [-0.3, -0.25) is 25.0 Å². The Labute approximate surface area is 184 Å². The van der Waals surface area contributed by atoms with Crippen molar-refractivity contribution in [3.05, 3.63) is 86.2 Å². The van der Waals surface area contributed by atoms with E-state index < -0.39 is 27.1 Å². The summed E-state index contributed by atoms with van der Waals surface area (Å²) < 4.78 is 1.39. The summed E-state index contributed by atoms with van der Waals surface area (Å²) >= 11 is 0. The molecule has 0 aliphatic heterocycles. The standard InChI is InChI=1S/C19H15N9O5/c1-12-16(27(30)31)9-14(10-17(12)28(32)33)20-19(29)15-7-8-25(22-15)11-26-23-18(21-24-26)13-5-3-2-4-6-13/h2-10H,11H2,1H3,(H,20,29). The first-order valence-electron chi connectivity index (χ1n) is 9.43. The zero-order chi connectivity index (χ0) is 23.5. The van der Waals surface area contributed by atoms with E-state index in [1.165, 1.54) is 28.7 Å². The molecule has 33 heavy (non-hydrogen) atoms. The minimum absolute atomic E-state index is 0.00993. The van der Waals surface area contributed by atoms with E-state index in [0.29, 0.717) is 5.82 Å². The van der Waals surface area contributed by atoms with Crippen LogP contribution in [0.15, 0.2) is 54.7 Å². The van der Waals surface area contributed by atoms with Crippen LogP contribution in [0.3, 0.4) is 0 Å². The first-order valence-corrected chi connectivity index (χ1v) is 9.43. The minimum Gasteiger partial charge on any atom is -0.320 e. The van der Waals surface area contributed by atoms with Crippen LogP contribution < -0.4 is 5.32 Å². The van der Waals surface area contributed by atoms with Gasteiger partial charge in [0.2, 0.25) is 5.82 Å². The lowest BCUT2D eigenvalue weighted by molar-refractivity contribution is -0.395. The van der Waals surface area contributed by atoms with Crippen molar-refractivity contribution in [1.82, 2.24) is 30.0 Å². The minimum atomic E-state index is -0.748. The highest BCUT2D eigenvalue weighted by molar-refractivity contribution is 6.03. The van der Waals surface area contributed by atoms with Crippen LogP contribution >= 0.6 is 0 Å². The molecule has 2 aromatic carbocycles. The third kappa shape index (κ3) is 4.53. The Morgan fingerprint density at radius 2 is 1.70 bits per heavy atom. The lowest BCUT2D eigenvalue weighted by Gasteiger charge is -2.06. The second-order valence-electron chi connectivity index (χ2n) is 6.84. The van der Waals surface area contributed by atoms with Crippen molar-refractivity contribution in [3.63, 3.8) is 0 Å². The van der Waals surface area contributed by atoms with Crippen LogP contribution in [0.1, 0.15) is 16.1 Å². The topological polar surface area (TPSA) is 177 Å². The van der Waals surface area contributed by atoms with E-state index in [4.69, 9.17) is 0 Å². The number of nitro benzene ring substituents is 2. The van der Waals surface area contributed by atoms with Crippen molar-refractivity contribution in [2.45, 2.75) is 13.6 Å². The molecule has 14 heteroatoms. The molecule has 4 aromatic rings. The highest BCUT2D eigenvalue weighted by Gasteiger charge is 2.24. The van der Waals surface area contributed by atoms with Crippen LogP contribution in [0.2, 0.25) is 0 Å². The lowest BCUT2D eigenvalue weighted by Crippen LogP contribution is -2.16. The Hall–Kier alpha value is -5.01. The zero-order valence-electron chi connectivity index (χ0n) is 17.0. The smallest absolute Gasteiger partial charge is 0.281 e. The van der Waals surface area contributed by atoms with Crippen LogP contribution in [0.5, 0.6) is 0 Å². The molecule has 0 spiro atoms. The molecule has 1 N–H and O–H groups in total. The summed E-state index contributed by atoms with van der Waals surface area (Å²) in [4.78, 5) is 34.8. The summed E-state index contributed by atoms with van der Waals surface area (Å²) in [5.74, 6) is -0.263. The Balaban J connectivity index is 1.49. The van der Waals surface area contributed by atoms with E-state index in [1.54, 1.807) is 0 Å². The van der Waals surface area contributed by atoms with Crippen molar-refractivity contribution in [2.75, 3.05) is 5.32 Å². The third-order valence-corrected chi connectivity index (χ3v) is 4.63. The van der Waals surface area contributed by atoms with Gasteiger partial charge in [-0.15, -0.1) is 15.0 Å². The zero-order valence-corrected chi connectivity index (χ0v) is 17.0. The molecule has 2 heterocycles. The van der Waals surface area contributed by atoms with Crippen LogP contribution in [0.4, 0.5) is 17.1 Å². The Morgan fingerprint density at radius 1 is 1.03 bits per heavy atom. The number of hydrogen-bond donors (Lipinski definition) is 1. The lowest BCUT2D eigenvalue weighted by atomic mass is 10.1. The Kier molecular flexibility index (Phi) is 5.55. The number of carbonyl (C=O) groups excluding carboxylic acids is 1. The van der Waals surface area contributed by atoms with Crippen molar-refractivity contribution in [3.8, 4) is 11.4 Å². The average molecular weight is 449 g/mol. The summed E-state index contributed by atoms with van der Waals surface area (Å²) in [5.41, 5.74) is -0.366. The van der Waals surface area contributed by atoms with Gasteiger partial charge >= 0.3 is 0 Å². The van der Waals surface area contributed by atoms with E-state index in [9.17, 15) is 25.0 Å². The number of nitrogens with zero attached hydrogens (tertiary/aromatic N) is 8. The molecule has 166 valence electrons. The number of nitro groups is 2. The fourth-order valence-electron chi connectivity index (χ4n) is 3.03. The molecule has 0 bridgehead atoms. The number of amides is 1. The fourth-order valence-corrected chi connectivity index (χ4v) is 3.03. The monoisotopic (exact) mass is 449 g/mol. The predicted octanol–water partition coefficient (Wildman–Crippen LogP) is 2.42. The largest absolute Gasteiger partial charge is 0.320 e. The first kappa shape index (κ1) is 21.2. The van der Waals surface area contributed by atoms with Crippen molar-refractivity contribution in [2.24, 2.45) is 0 Å². The van der Waals surface area contributed by atoms with E-state index in [1.807, 2.05) is 30.3 Å². The number of rotatable bonds is 7. The highest BCUT2D eigenvalue weighted by atomic mass is 16.6. The van der Waals surface area contributed by atoms with Crippen molar-refractivity contribution in [1.29, 1.82) is 0 Å². The second kappa shape index (κ2) is 8.62. The van der Waals surface area contributed by atoms with Crippen molar-refractivity contribution >= 4 is 23.0 Å². The number of aromatic nitrogens is 6. The van der Waals surface area contributed by atoms with E-state index in [2.05, 4.69) is 25.8 Å². The fraction of sp³-hybridized carbons (Fsp3) is 0.105. The molecule has 0 aliphatic rings. The van der Waals surface area contributed by atoms with Crippen LogP contribution in [0, 0.1) is 27.2 Å². The molecule has 0 saturated heterocycles. The Bertz CT molecular complexity index is 1330. The van der Waals surface area contributed by atoms with Gasteiger partial charge in [0.15, 0.2) is 12.4 Å². The van der Waals surface area contributed by atoms with E-state index in [0.717, 1.165) is 17.7 Å². The van der Waals surface area contributed by atoms with Gasteiger partial charge in [-0.1, -0.05) is 30.3 Å². The molecule has 0 unspecified atom stereocenters. The predicted molar refractivity (Wildman–Crippen MR) is 113 cm³/mol. The molecular weight excluding hydrogens is 434 g/mol. The maximum Gasteiger partial charge on any atom is 0.281 e. The molecule has 0 saturated carbocycles. The number of nitrogens with one attached hydrogen (secondary N) is 1. The van der Waals surface area contributed by atoms with E-state index in [-0.39, 0.29) is 23.6 Å². The molecule has 4 rings (SSSR count). The maximum absolute atomic E-state index is 12.5. The van der Waals surface area contributed by atoms with Gasteiger partial charge in [0, 0.05) is 23.9 Å². The number of hydrogen-bond acceptors (Lipinski definition) is 9. The van der Waals surface area contributed by atoms with Gasteiger partial charge in [0.25, 0.3) is 17.3 Å². The normalized spacial score (nSPS) is 10.7. The maximum atomic E-state index is 12.5. The summed E-state index contributed by atoms with van der Waals surface area (Å²) in [5, 5.41) is 41.2. The molecule has 0 radical (unpaired) electrons. The summed E-state index contributed by atoms with van der Waals surface area (Å²) in [6, 6.07) is 12.8. The first-order chi connectivity index (χ1) is 15.8. The van der Waals surface area contributed by atoms with Crippen molar-refractivity contribution < 1.29 is 14.6 Å². The number of tetrazole rings is 1. The average Bonchev–Trinajstić information content (AvgIpc) is 3.45. The van der Waals surface area contributed by atoms with Gasteiger partial charge in [-0.2, -0.15) is 5.10 Å². The molecule has 2 aromatic heterocycles. The number of anilines is 1. The van der Waals surface area contributed by atoms with E-state index >= 15 is 0 Å². The Morgan fingerprint density at radius 3 is 2.33 bits per heavy atom. The van der Waals surface area contributed by atoms with Gasteiger partial charge < -0.3 is 5.32 Å². The SMILES string of the molecule is Cc1c([N+](=O)[O-])cc(NC(=O)c2ccn(Cn3nnc(-c4ccccc4)n3)n2)cc1[N+](=O)[O-]. The summed E-state index contributed by atoms with van der Waals surface area (Å²) in [6.07, 6.45) is 1.51. The quantitative estimate of drug-likeness (QED) is 0.328. The second-order valence-corrected chi connectivity index (χ2v) is 6.84. The summed E-state index contributed by atoms with van der Waals surface area (Å²) in [6.45, 7) is 1.35. The molecular formula is C19H15N9O5. The molecule has 0 atom stereocenters. The van der Waals surface area contributed by atoms with Gasteiger partial charge in [-0.05, 0) is 18.2 Å². The molecule has 14 nitrogen and oxygen atoms in total. The highest BCUT2D eigenvalue weighted by Crippen LogP contribution is 2.31. The van der Waals surface area contributed by atoms with Gasteiger partial charge in [-0.25, -0.2) is 4.68 Å². The van der Waals surface area contributed by atoms with Crippen LogP contribution in [-0.4, -0.2) is 45.7 Å². The van der Waals surface area contributed by atoms with Gasteiger partial charge in [0.1, 0.15) is 5.56 Å². The van der Waals surface area contributed by atoms with Crippen LogP contribution in [0.25, 0.3) is 11.4 Å². The third-order valence-electron chi connectivity index (χ3n) is 4.63. The summed E-state index contributed by atoms with van der Waals surface area (Å²) in [7, 11) is 0. The number of carbonyl (C=O) groups is 1. The molecule has 0 fully saturated rings. The molecule has 1 amide bonds. The van der Waals surface area contributed by atoms with Gasteiger partial charge in [0.05, 0.1) is 15.5 Å². The van der Waals surface area contributed by atoms with Crippen LogP contribution in [-0.2, 0) is 6.67 Å². The number of benzene rings is 2.